The summed E-state index contributed by atoms with van der Waals surface area (Å²) in [4.78, 5) is 9.77. The zero-order valence-corrected chi connectivity index (χ0v) is 8.01. The molecule has 0 aromatic carbocycles. The molecule has 0 saturated heterocycles. The zero-order valence-electron chi connectivity index (χ0n) is 8.01. The van der Waals surface area contributed by atoms with Gasteiger partial charge in [0.05, 0.1) is 0 Å². The molecule has 0 saturated carbocycles. The lowest BCUT2D eigenvalue weighted by atomic mass is 10.1. The van der Waals surface area contributed by atoms with Crippen molar-refractivity contribution in [3.8, 4) is 0 Å². The Morgan fingerprint density at radius 2 is 1.75 bits per heavy atom. The Labute approximate surface area is 75.9 Å². The fourth-order valence-corrected chi connectivity index (χ4v) is 1.17. The maximum absolute atomic E-state index is 9.77. The van der Waals surface area contributed by atoms with Crippen molar-refractivity contribution in [3.63, 3.8) is 0 Å². The van der Waals surface area contributed by atoms with Gasteiger partial charge in [0.2, 0.25) is 6.29 Å². The Morgan fingerprint density at radius 3 is 2.42 bits per heavy atom. The quantitative estimate of drug-likeness (QED) is 0.400. The average molecular weight is 167 g/mol. The number of unbranched alkanes of at least 4 members (excludes halogenated alkanes) is 6. The lowest BCUT2D eigenvalue weighted by Gasteiger charge is -1.96. The summed E-state index contributed by atoms with van der Waals surface area (Å²) < 4.78 is 0. The minimum absolute atomic E-state index is 1.03. The monoisotopic (exact) mass is 167 g/mol. The van der Waals surface area contributed by atoms with Gasteiger partial charge in [-0.3, -0.25) is 4.79 Å². The van der Waals surface area contributed by atoms with Gasteiger partial charge in [-0.1, -0.05) is 45.1 Å². The van der Waals surface area contributed by atoms with Crippen LogP contribution in [-0.4, -0.2) is 6.29 Å². The Morgan fingerprint density at radius 1 is 1.08 bits per heavy atom. The van der Waals surface area contributed by atoms with Crippen molar-refractivity contribution >= 4 is 6.29 Å². The summed E-state index contributed by atoms with van der Waals surface area (Å²) in [6, 6.07) is 0. The van der Waals surface area contributed by atoms with Crippen LogP contribution in [0, 0.1) is 0 Å². The maximum atomic E-state index is 9.77. The second kappa shape index (κ2) is 10.4. The molecular weight excluding hydrogens is 148 g/mol. The molecule has 0 spiro atoms. The third kappa shape index (κ3) is 9.41. The van der Waals surface area contributed by atoms with Gasteiger partial charge in [-0.2, -0.15) is 0 Å². The molecule has 0 heterocycles. The van der Waals surface area contributed by atoms with Gasteiger partial charge in [-0.05, 0) is 18.9 Å². The lowest BCUT2D eigenvalue weighted by molar-refractivity contribution is 0.564. The van der Waals surface area contributed by atoms with E-state index in [-0.39, 0.29) is 0 Å². The van der Waals surface area contributed by atoms with Crippen molar-refractivity contribution in [2.45, 2.75) is 51.9 Å². The summed E-state index contributed by atoms with van der Waals surface area (Å²) in [5, 5.41) is 0. The Balaban J connectivity index is 2.90. The van der Waals surface area contributed by atoms with E-state index in [9.17, 15) is 4.79 Å². The predicted molar refractivity (Wildman–Crippen MR) is 52.8 cm³/mol. The number of allylic oxidation sites excluding steroid dienone is 2. The molecule has 0 rings (SSSR count). The van der Waals surface area contributed by atoms with Gasteiger partial charge in [0.15, 0.2) is 0 Å². The minimum atomic E-state index is 1.03. The van der Waals surface area contributed by atoms with Gasteiger partial charge >= 0.3 is 0 Å². The van der Waals surface area contributed by atoms with Crippen molar-refractivity contribution in [2.75, 3.05) is 0 Å². The lowest BCUT2D eigenvalue weighted by Crippen LogP contribution is -1.77. The molecule has 0 fully saturated rings. The first-order valence-corrected chi connectivity index (χ1v) is 4.94. The molecule has 1 nitrogen and oxygen atoms in total. The fraction of sp³-hybridized carbons (Fsp3) is 0.727. The molecule has 0 amide bonds. The SMILES string of the molecule is CCCCCCCCC=C[C]=O. The van der Waals surface area contributed by atoms with Crippen LogP contribution in [0.1, 0.15) is 51.9 Å². The minimum Gasteiger partial charge on any atom is -0.286 e. The van der Waals surface area contributed by atoms with Gasteiger partial charge in [0.1, 0.15) is 0 Å². The molecule has 0 aliphatic rings. The number of hydrogen-bond acceptors (Lipinski definition) is 1. The van der Waals surface area contributed by atoms with Crippen LogP contribution in [-0.2, 0) is 4.79 Å². The highest BCUT2D eigenvalue weighted by atomic mass is 16.1. The largest absolute Gasteiger partial charge is 0.286 e. The van der Waals surface area contributed by atoms with E-state index in [2.05, 4.69) is 6.92 Å². The first-order valence-electron chi connectivity index (χ1n) is 4.94. The maximum Gasteiger partial charge on any atom is 0.225 e. The third-order valence-electron chi connectivity index (χ3n) is 1.91. The van der Waals surface area contributed by atoms with Crippen LogP contribution in [0.5, 0.6) is 0 Å². The third-order valence-corrected chi connectivity index (χ3v) is 1.91. The standard InChI is InChI=1S/C11H19O/c1-2-3-4-5-6-7-8-9-10-11-12/h9-10H,2-8H2,1H3. The molecule has 0 N–H and O–H groups in total. The van der Waals surface area contributed by atoms with E-state index in [4.69, 9.17) is 0 Å². The van der Waals surface area contributed by atoms with Crippen molar-refractivity contribution in [2.24, 2.45) is 0 Å². The molecular formula is C11H19O. The average Bonchev–Trinajstić information content (AvgIpc) is 2.10. The summed E-state index contributed by atoms with van der Waals surface area (Å²) in [6.07, 6.45) is 14.0. The Kier molecular flexibility index (Phi) is 9.90. The van der Waals surface area contributed by atoms with Gasteiger partial charge in [0, 0.05) is 0 Å². The van der Waals surface area contributed by atoms with Crippen molar-refractivity contribution in [1.82, 2.24) is 0 Å². The molecule has 0 aromatic heterocycles. The Bertz CT molecular complexity index is 116. The number of hydrogen-bond donors (Lipinski definition) is 0. The molecule has 0 aliphatic heterocycles. The molecule has 0 aliphatic carbocycles. The highest BCUT2D eigenvalue weighted by molar-refractivity contribution is 5.65. The topological polar surface area (TPSA) is 17.1 Å². The number of rotatable bonds is 8. The van der Waals surface area contributed by atoms with E-state index in [1.807, 2.05) is 6.08 Å². The van der Waals surface area contributed by atoms with Crippen LogP contribution in [0.3, 0.4) is 0 Å². The van der Waals surface area contributed by atoms with Crippen LogP contribution in [0.15, 0.2) is 12.2 Å². The smallest absolute Gasteiger partial charge is 0.225 e. The summed E-state index contributed by atoms with van der Waals surface area (Å²) in [5.74, 6) is 0. The van der Waals surface area contributed by atoms with Crippen molar-refractivity contribution in [1.29, 1.82) is 0 Å². The number of carbonyl (C=O) groups excluding carboxylic acids is 1. The highest BCUT2D eigenvalue weighted by Gasteiger charge is 1.87. The predicted octanol–water partition coefficient (Wildman–Crippen LogP) is 3.40. The van der Waals surface area contributed by atoms with E-state index in [0.29, 0.717) is 0 Å². The van der Waals surface area contributed by atoms with Gasteiger partial charge < -0.3 is 0 Å². The van der Waals surface area contributed by atoms with E-state index in [1.165, 1.54) is 44.6 Å². The van der Waals surface area contributed by atoms with E-state index < -0.39 is 0 Å². The van der Waals surface area contributed by atoms with Gasteiger partial charge in [0.25, 0.3) is 0 Å². The van der Waals surface area contributed by atoms with Crippen LogP contribution < -0.4 is 0 Å². The van der Waals surface area contributed by atoms with E-state index in [1.54, 1.807) is 6.29 Å². The summed E-state index contributed by atoms with van der Waals surface area (Å²) in [5.41, 5.74) is 0. The van der Waals surface area contributed by atoms with Gasteiger partial charge in [-0.15, -0.1) is 0 Å². The molecule has 1 heteroatoms. The van der Waals surface area contributed by atoms with Crippen LogP contribution in [0.2, 0.25) is 0 Å². The first kappa shape index (κ1) is 11.4. The van der Waals surface area contributed by atoms with Crippen LogP contribution >= 0.6 is 0 Å². The van der Waals surface area contributed by atoms with Gasteiger partial charge in [-0.25, -0.2) is 0 Å². The Hall–Kier alpha value is -0.590. The summed E-state index contributed by atoms with van der Waals surface area (Å²) in [7, 11) is 0. The molecule has 0 atom stereocenters. The molecule has 1 radical (unpaired) electrons. The molecule has 0 aromatic rings. The van der Waals surface area contributed by atoms with Crippen LogP contribution in [0.25, 0.3) is 0 Å². The second-order valence-electron chi connectivity index (χ2n) is 3.08. The molecule has 0 unspecified atom stereocenters. The fourth-order valence-electron chi connectivity index (χ4n) is 1.17. The van der Waals surface area contributed by atoms with Crippen molar-refractivity contribution < 1.29 is 4.79 Å². The highest BCUT2D eigenvalue weighted by Crippen LogP contribution is 2.06. The zero-order chi connectivity index (χ0) is 9.07. The first-order chi connectivity index (χ1) is 5.91. The second-order valence-corrected chi connectivity index (χ2v) is 3.08. The van der Waals surface area contributed by atoms with Crippen LogP contribution in [0.4, 0.5) is 0 Å². The molecule has 69 valence electrons. The normalized spacial score (nSPS) is 10.8. The summed E-state index contributed by atoms with van der Waals surface area (Å²) >= 11 is 0. The van der Waals surface area contributed by atoms with E-state index in [0.717, 1.165) is 6.42 Å². The summed E-state index contributed by atoms with van der Waals surface area (Å²) in [6.45, 7) is 2.22. The molecule has 12 heavy (non-hydrogen) atoms. The molecule has 0 bridgehead atoms. The van der Waals surface area contributed by atoms with Crippen molar-refractivity contribution in [3.05, 3.63) is 12.2 Å². The van der Waals surface area contributed by atoms with E-state index >= 15 is 0 Å².